The minimum absolute atomic E-state index is 0.0859. The molecule has 9 heteroatoms. The van der Waals surface area contributed by atoms with Crippen molar-refractivity contribution in [2.75, 3.05) is 47.5 Å². The number of quaternary nitrogens is 1. The van der Waals surface area contributed by atoms with Gasteiger partial charge in [0.2, 0.25) is 0 Å². The van der Waals surface area contributed by atoms with Gasteiger partial charge in [-0.3, -0.25) is 9.59 Å². The minimum atomic E-state index is -2.12. The molecular weight excluding hydrogens is 661 g/mol. The minimum Gasteiger partial charge on any atom is -0.462 e. The van der Waals surface area contributed by atoms with Crippen LogP contribution < -0.4 is 0 Å². The lowest BCUT2D eigenvalue weighted by Crippen LogP contribution is -2.37. The fraction of sp³-hybridized carbons (Fsp3) is 0.905. The first-order valence-electron chi connectivity index (χ1n) is 21.2. The molecular formula is C42H83NO7P+. The summed E-state index contributed by atoms with van der Waals surface area (Å²) in [4.78, 5) is 35.3. The van der Waals surface area contributed by atoms with E-state index in [0.29, 0.717) is 30.5 Å². The zero-order chi connectivity index (χ0) is 37.7. The highest BCUT2D eigenvalue weighted by Gasteiger charge is 2.21. The molecule has 0 amide bonds. The average molecular weight is 745 g/mol. The summed E-state index contributed by atoms with van der Waals surface area (Å²) in [5.41, 5.74) is 0. The molecule has 0 aromatic carbocycles. The highest BCUT2D eigenvalue weighted by atomic mass is 31.2. The van der Waals surface area contributed by atoms with Gasteiger partial charge in [-0.2, -0.15) is 0 Å². The van der Waals surface area contributed by atoms with Crippen LogP contribution in [0, 0.1) is 0 Å². The molecule has 8 nitrogen and oxygen atoms in total. The summed E-state index contributed by atoms with van der Waals surface area (Å²) < 4.78 is 22.7. The quantitative estimate of drug-likeness (QED) is 0.0220. The van der Waals surface area contributed by atoms with Gasteiger partial charge in [-0.25, -0.2) is 0 Å². The molecule has 0 aromatic rings. The van der Waals surface area contributed by atoms with Crippen molar-refractivity contribution in [3.8, 4) is 0 Å². The number of carbonyl (C=O) groups is 2. The number of hydrogen-bond acceptors (Lipinski definition) is 7. The van der Waals surface area contributed by atoms with Gasteiger partial charge in [-0.05, 0) is 38.5 Å². The fourth-order valence-corrected chi connectivity index (χ4v) is 6.43. The summed E-state index contributed by atoms with van der Waals surface area (Å²) in [5.74, 6) is -0.621. The van der Waals surface area contributed by atoms with Crippen molar-refractivity contribution < 1.29 is 37.5 Å². The molecule has 302 valence electrons. The third-order valence-corrected chi connectivity index (χ3v) is 9.96. The van der Waals surface area contributed by atoms with E-state index in [4.69, 9.17) is 18.5 Å². The zero-order valence-corrected chi connectivity index (χ0v) is 35.0. The van der Waals surface area contributed by atoms with E-state index in [1.165, 1.54) is 116 Å². The third kappa shape index (κ3) is 40.0. The number of likely N-dealkylation sites (N-methyl/N-ethyl adjacent to an activating group) is 1. The largest absolute Gasteiger partial charge is 0.462 e. The van der Waals surface area contributed by atoms with Crippen molar-refractivity contribution in [3.05, 3.63) is 12.2 Å². The summed E-state index contributed by atoms with van der Waals surface area (Å²) >= 11 is 0. The van der Waals surface area contributed by atoms with Gasteiger partial charge in [0.25, 0.3) is 0 Å². The molecule has 2 atom stereocenters. The second-order valence-electron chi connectivity index (χ2n) is 15.5. The van der Waals surface area contributed by atoms with Gasteiger partial charge in [0.05, 0.1) is 27.7 Å². The lowest BCUT2D eigenvalue weighted by atomic mass is 10.0. The van der Waals surface area contributed by atoms with E-state index in [2.05, 4.69) is 26.0 Å². The predicted octanol–water partition coefficient (Wildman–Crippen LogP) is 11.9. The highest BCUT2D eigenvalue weighted by molar-refractivity contribution is 7.40. The van der Waals surface area contributed by atoms with Crippen LogP contribution in [0.3, 0.4) is 0 Å². The molecule has 0 aliphatic carbocycles. The Balaban J connectivity index is 4.25. The predicted molar refractivity (Wildman–Crippen MR) is 215 cm³/mol. The maximum Gasteiger partial charge on any atom is 0.330 e. The maximum absolute atomic E-state index is 12.6. The highest BCUT2D eigenvalue weighted by Crippen LogP contribution is 2.33. The van der Waals surface area contributed by atoms with Crippen LogP contribution in [0.5, 0.6) is 0 Å². The van der Waals surface area contributed by atoms with Gasteiger partial charge in [-0.1, -0.05) is 154 Å². The van der Waals surface area contributed by atoms with E-state index in [0.717, 1.165) is 51.4 Å². The molecule has 0 saturated heterocycles. The summed E-state index contributed by atoms with van der Waals surface area (Å²) in [7, 11) is 4.01. The lowest BCUT2D eigenvalue weighted by Gasteiger charge is -2.24. The first-order chi connectivity index (χ1) is 24.7. The molecule has 0 spiro atoms. The van der Waals surface area contributed by atoms with E-state index >= 15 is 0 Å². The molecule has 0 fully saturated rings. The van der Waals surface area contributed by atoms with Gasteiger partial charge in [0.15, 0.2) is 6.10 Å². The van der Waals surface area contributed by atoms with Gasteiger partial charge in [0, 0.05) is 12.8 Å². The molecule has 0 heterocycles. The number of ether oxygens (including phenoxy) is 2. The molecule has 0 aliphatic rings. The molecule has 0 rings (SSSR count). The van der Waals surface area contributed by atoms with Crippen molar-refractivity contribution in [1.29, 1.82) is 0 Å². The molecule has 0 aromatic heterocycles. The Labute approximate surface area is 316 Å². The van der Waals surface area contributed by atoms with E-state index in [1.54, 1.807) is 0 Å². The molecule has 0 bridgehead atoms. The lowest BCUT2D eigenvalue weighted by molar-refractivity contribution is -0.870. The molecule has 0 radical (unpaired) electrons. The van der Waals surface area contributed by atoms with Crippen molar-refractivity contribution in [2.24, 2.45) is 0 Å². The number of hydrogen-bond donors (Lipinski definition) is 1. The van der Waals surface area contributed by atoms with Gasteiger partial charge < -0.3 is 27.9 Å². The Morgan fingerprint density at radius 2 is 0.980 bits per heavy atom. The first-order valence-corrected chi connectivity index (χ1v) is 22.4. The molecule has 1 N–H and O–H groups in total. The summed E-state index contributed by atoms with van der Waals surface area (Å²) in [5, 5.41) is 0. The monoisotopic (exact) mass is 745 g/mol. The Bertz CT molecular complexity index is 805. The number of nitrogens with zero attached hydrogens (tertiary/aromatic N) is 1. The van der Waals surface area contributed by atoms with Crippen LogP contribution in [0.4, 0.5) is 0 Å². The van der Waals surface area contributed by atoms with Gasteiger partial charge in [0.1, 0.15) is 19.8 Å². The Morgan fingerprint density at radius 1 is 0.569 bits per heavy atom. The van der Waals surface area contributed by atoms with E-state index in [9.17, 15) is 14.5 Å². The van der Waals surface area contributed by atoms with Crippen LogP contribution in [0.2, 0.25) is 0 Å². The number of carbonyl (C=O) groups excluding carboxylic acids is 2. The van der Waals surface area contributed by atoms with Crippen LogP contribution in [-0.4, -0.2) is 74.9 Å². The first kappa shape index (κ1) is 49.9. The standard InChI is InChI=1S/C42H83NO7P/c1-6-8-10-12-14-16-18-20-21-23-25-27-29-31-33-35-42(45)50-40(39-49-51(46)48-37-36-43(3,4)5)38-47-41(44)34-32-30-28-26-24-22-19-17-15-13-11-9-7-2/h20-21,40,46H,6-19,22-39H2,1-5H3/q+1/b21-20+. The van der Waals surface area contributed by atoms with Crippen LogP contribution >= 0.6 is 8.60 Å². The maximum atomic E-state index is 12.6. The van der Waals surface area contributed by atoms with Crippen molar-refractivity contribution in [2.45, 2.75) is 200 Å². The van der Waals surface area contributed by atoms with E-state index in [-0.39, 0.29) is 25.2 Å². The van der Waals surface area contributed by atoms with Crippen molar-refractivity contribution in [3.63, 3.8) is 0 Å². The summed E-state index contributed by atoms with van der Waals surface area (Å²) in [6, 6.07) is 0. The smallest absolute Gasteiger partial charge is 0.330 e. The molecule has 0 saturated carbocycles. The van der Waals surface area contributed by atoms with Crippen LogP contribution in [-0.2, 0) is 28.1 Å². The van der Waals surface area contributed by atoms with E-state index in [1.807, 2.05) is 21.1 Å². The summed E-state index contributed by atoms with van der Waals surface area (Å²) in [6.07, 6.45) is 36.4. The Hall–Kier alpha value is -1.05. The molecule has 2 unspecified atom stereocenters. The topological polar surface area (TPSA) is 91.3 Å². The van der Waals surface area contributed by atoms with Crippen LogP contribution in [0.15, 0.2) is 12.2 Å². The Kier molecular flexibility index (Phi) is 36.5. The van der Waals surface area contributed by atoms with E-state index < -0.39 is 14.7 Å². The number of esters is 2. The van der Waals surface area contributed by atoms with Gasteiger partial charge >= 0.3 is 20.5 Å². The average Bonchev–Trinajstić information content (AvgIpc) is 3.09. The fourth-order valence-electron chi connectivity index (χ4n) is 5.82. The molecule has 51 heavy (non-hydrogen) atoms. The van der Waals surface area contributed by atoms with Crippen molar-refractivity contribution in [1.82, 2.24) is 0 Å². The number of rotatable bonds is 39. The molecule has 0 aliphatic heterocycles. The SMILES string of the molecule is CCCCCCCC/C=C/CCCCCCCC(=O)OC(COC(=O)CCCCCCCCCCCCCCC)COP(O)OCC[N+](C)(C)C. The second-order valence-corrected chi connectivity index (χ2v) is 16.5. The van der Waals surface area contributed by atoms with Crippen molar-refractivity contribution >= 4 is 20.5 Å². The second kappa shape index (κ2) is 37.3. The number of allylic oxidation sites excluding steroid dienone is 2. The van der Waals surface area contributed by atoms with Gasteiger partial charge in [-0.15, -0.1) is 0 Å². The Morgan fingerprint density at radius 3 is 1.43 bits per heavy atom. The van der Waals surface area contributed by atoms with Crippen LogP contribution in [0.25, 0.3) is 0 Å². The van der Waals surface area contributed by atoms with Crippen LogP contribution in [0.1, 0.15) is 194 Å². The third-order valence-electron chi connectivity index (χ3n) is 9.19. The normalized spacial score (nSPS) is 13.1. The zero-order valence-electron chi connectivity index (χ0n) is 34.2. The summed E-state index contributed by atoms with van der Waals surface area (Å²) in [6.45, 7) is 5.41. The number of unbranched alkanes of at least 4 members (excludes halogenated alkanes) is 23.